The Morgan fingerprint density at radius 1 is 1.10 bits per heavy atom. The average molecular weight is 272 g/mol. The molecule has 0 atom stereocenters. The molecule has 2 aromatic carbocycles. The predicted molar refractivity (Wildman–Crippen MR) is 74.8 cm³/mol. The van der Waals surface area contributed by atoms with E-state index in [2.05, 4.69) is 0 Å². The third kappa shape index (κ3) is 4.02. The van der Waals surface area contributed by atoms with Gasteiger partial charge in [0, 0.05) is 6.42 Å². The van der Waals surface area contributed by atoms with Crippen LogP contribution in [0.25, 0.3) is 0 Å². The van der Waals surface area contributed by atoms with E-state index in [1.165, 1.54) is 6.07 Å². The van der Waals surface area contributed by atoms with Gasteiger partial charge in [-0.2, -0.15) is 0 Å². The molecule has 0 aliphatic rings. The van der Waals surface area contributed by atoms with Crippen molar-refractivity contribution in [2.75, 3.05) is 0 Å². The van der Waals surface area contributed by atoms with Crippen LogP contribution in [-0.2, 0) is 17.8 Å². The van der Waals surface area contributed by atoms with Gasteiger partial charge in [0.2, 0.25) is 0 Å². The lowest BCUT2D eigenvalue weighted by Crippen LogP contribution is -1.99. The Balaban J connectivity index is 2.01. The first kappa shape index (κ1) is 13.9. The van der Waals surface area contributed by atoms with Crippen LogP contribution in [0.15, 0.2) is 48.5 Å². The number of carbonyl (C=O) groups is 1. The fraction of sp³-hybridized carbons (Fsp3) is 0.188. The van der Waals surface area contributed by atoms with Crippen molar-refractivity contribution in [2.24, 2.45) is 0 Å². The fourth-order valence-electron chi connectivity index (χ4n) is 1.83. The molecule has 0 saturated carbocycles. The first-order valence-electron chi connectivity index (χ1n) is 6.35. The molecule has 2 aromatic rings. The van der Waals surface area contributed by atoms with Crippen LogP contribution in [0.3, 0.4) is 0 Å². The van der Waals surface area contributed by atoms with Crippen LogP contribution in [-0.4, -0.2) is 16.2 Å². The number of hydrogen-bond acceptors (Lipinski definition) is 3. The van der Waals surface area contributed by atoms with Crippen LogP contribution in [0.2, 0.25) is 0 Å². The molecule has 0 amide bonds. The molecular formula is C16H16O4. The fourth-order valence-corrected chi connectivity index (χ4v) is 1.83. The minimum Gasteiger partial charge on any atom is -0.508 e. The number of carboxylic acid groups (broad SMARTS) is 1. The normalized spacial score (nSPS) is 10.2. The molecule has 104 valence electrons. The topological polar surface area (TPSA) is 66.8 Å². The quantitative estimate of drug-likeness (QED) is 0.848. The highest BCUT2D eigenvalue weighted by atomic mass is 16.5. The van der Waals surface area contributed by atoms with Crippen LogP contribution in [0.1, 0.15) is 17.5 Å². The smallest absolute Gasteiger partial charge is 0.303 e. The van der Waals surface area contributed by atoms with E-state index >= 15 is 0 Å². The molecule has 0 unspecified atom stereocenters. The summed E-state index contributed by atoms with van der Waals surface area (Å²) in [6, 6.07) is 14.6. The molecule has 0 spiro atoms. The summed E-state index contributed by atoms with van der Waals surface area (Å²) < 4.78 is 5.64. The molecule has 20 heavy (non-hydrogen) atoms. The van der Waals surface area contributed by atoms with Crippen molar-refractivity contribution in [3.05, 3.63) is 59.7 Å². The van der Waals surface area contributed by atoms with Gasteiger partial charge in [-0.15, -0.1) is 0 Å². The minimum atomic E-state index is -0.889. The number of phenolic OH excluding ortho intramolecular Hbond substituents is 1. The molecule has 2 rings (SSSR count). The number of ether oxygens (including phenoxy) is 1. The molecule has 0 saturated heterocycles. The molecule has 2 N–H and O–H groups in total. The van der Waals surface area contributed by atoms with Gasteiger partial charge in [-0.25, -0.2) is 0 Å². The zero-order chi connectivity index (χ0) is 14.4. The second-order valence-electron chi connectivity index (χ2n) is 4.46. The van der Waals surface area contributed by atoms with Crippen LogP contribution in [0.5, 0.6) is 11.5 Å². The van der Waals surface area contributed by atoms with Gasteiger partial charge in [-0.3, -0.25) is 4.79 Å². The van der Waals surface area contributed by atoms with Crippen LogP contribution in [0.4, 0.5) is 0 Å². The van der Waals surface area contributed by atoms with Crippen molar-refractivity contribution in [1.29, 1.82) is 0 Å². The predicted octanol–water partition coefficient (Wildman–Crippen LogP) is 2.99. The van der Waals surface area contributed by atoms with Gasteiger partial charge in [-0.05, 0) is 35.7 Å². The van der Waals surface area contributed by atoms with Gasteiger partial charge < -0.3 is 14.9 Å². The molecule has 0 radical (unpaired) electrons. The third-order valence-corrected chi connectivity index (χ3v) is 2.91. The highest BCUT2D eigenvalue weighted by Crippen LogP contribution is 2.24. The highest BCUT2D eigenvalue weighted by molar-refractivity contribution is 5.67. The summed E-state index contributed by atoms with van der Waals surface area (Å²) in [5.74, 6) is -0.176. The number of aryl methyl sites for hydroxylation is 1. The second-order valence-corrected chi connectivity index (χ2v) is 4.46. The van der Waals surface area contributed by atoms with Crippen molar-refractivity contribution in [2.45, 2.75) is 19.4 Å². The van der Waals surface area contributed by atoms with Crippen molar-refractivity contribution in [1.82, 2.24) is 0 Å². The SMILES string of the molecule is O=C(O)CCc1cc(OCc2ccccc2)ccc1O. The second kappa shape index (κ2) is 6.61. The van der Waals surface area contributed by atoms with Crippen molar-refractivity contribution in [3.63, 3.8) is 0 Å². The Bertz CT molecular complexity index is 578. The molecular weight excluding hydrogens is 256 g/mol. The molecule has 0 heterocycles. The summed E-state index contributed by atoms with van der Waals surface area (Å²) in [6.07, 6.45) is 0.263. The van der Waals surface area contributed by atoms with E-state index in [0.717, 1.165) is 5.56 Å². The molecule has 0 fully saturated rings. The lowest BCUT2D eigenvalue weighted by Gasteiger charge is -2.09. The standard InChI is InChI=1S/C16H16O4/c17-15-8-7-14(10-13(15)6-9-16(18)19)20-11-12-4-2-1-3-5-12/h1-5,7-8,10,17H,6,9,11H2,(H,18,19). The van der Waals surface area contributed by atoms with Crippen LogP contribution in [0, 0.1) is 0 Å². The Morgan fingerprint density at radius 2 is 1.85 bits per heavy atom. The highest BCUT2D eigenvalue weighted by Gasteiger charge is 2.06. The summed E-state index contributed by atoms with van der Waals surface area (Å²) >= 11 is 0. The molecule has 0 bridgehead atoms. The van der Waals surface area contributed by atoms with Gasteiger partial charge >= 0.3 is 5.97 Å². The zero-order valence-electron chi connectivity index (χ0n) is 11.0. The number of aliphatic carboxylic acids is 1. The van der Waals surface area contributed by atoms with Crippen molar-refractivity contribution in [3.8, 4) is 11.5 Å². The lowest BCUT2D eigenvalue weighted by atomic mass is 10.1. The summed E-state index contributed by atoms with van der Waals surface area (Å²) in [6.45, 7) is 0.435. The van der Waals surface area contributed by atoms with E-state index in [1.807, 2.05) is 30.3 Å². The van der Waals surface area contributed by atoms with Gasteiger partial charge in [0.25, 0.3) is 0 Å². The van der Waals surface area contributed by atoms with E-state index < -0.39 is 5.97 Å². The van der Waals surface area contributed by atoms with Gasteiger partial charge in [0.15, 0.2) is 0 Å². The molecule has 0 aliphatic heterocycles. The van der Waals surface area contributed by atoms with Crippen molar-refractivity contribution >= 4 is 5.97 Å². The molecule has 4 heteroatoms. The maximum Gasteiger partial charge on any atom is 0.303 e. The zero-order valence-corrected chi connectivity index (χ0v) is 11.0. The van der Waals surface area contributed by atoms with E-state index in [9.17, 15) is 9.90 Å². The maximum absolute atomic E-state index is 10.6. The number of rotatable bonds is 6. The monoisotopic (exact) mass is 272 g/mol. The lowest BCUT2D eigenvalue weighted by molar-refractivity contribution is -0.136. The first-order chi connectivity index (χ1) is 9.65. The molecule has 4 nitrogen and oxygen atoms in total. The summed E-state index contributed by atoms with van der Waals surface area (Å²) in [4.78, 5) is 10.6. The maximum atomic E-state index is 10.6. The number of aromatic hydroxyl groups is 1. The van der Waals surface area contributed by atoms with Gasteiger partial charge in [0.1, 0.15) is 18.1 Å². The van der Waals surface area contributed by atoms with E-state index in [4.69, 9.17) is 9.84 Å². The Labute approximate surface area is 117 Å². The Morgan fingerprint density at radius 3 is 2.55 bits per heavy atom. The Kier molecular flexibility index (Phi) is 4.60. The Hall–Kier alpha value is -2.49. The number of hydrogen-bond donors (Lipinski definition) is 2. The number of phenols is 1. The molecule has 0 aromatic heterocycles. The summed E-state index contributed by atoms with van der Waals surface area (Å²) in [7, 11) is 0. The van der Waals surface area contributed by atoms with Gasteiger partial charge in [0.05, 0.1) is 0 Å². The van der Waals surface area contributed by atoms with Crippen molar-refractivity contribution < 1.29 is 19.7 Å². The summed E-state index contributed by atoms with van der Waals surface area (Å²) in [5, 5.41) is 18.4. The van der Waals surface area contributed by atoms with E-state index in [-0.39, 0.29) is 18.6 Å². The minimum absolute atomic E-state index is 0.0182. The number of carboxylic acids is 1. The van der Waals surface area contributed by atoms with Crippen LogP contribution >= 0.6 is 0 Å². The first-order valence-corrected chi connectivity index (χ1v) is 6.35. The van der Waals surface area contributed by atoms with E-state index in [1.54, 1.807) is 12.1 Å². The third-order valence-electron chi connectivity index (χ3n) is 2.91. The largest absolute Gasteiger partial charge is 0.508 e. The van der Waals surface area contributed by atoms with E-state index in [0.29, 0.717) is 17.9 Å². The average Bonchev–Trinajstić information content (AvgIpc) is 2.46. The number of benzene rings is 2. The molecule has 0 aliphatic carbocycles. The van der Waals surface area contributed by atoms with Crippen LogP contribution < -0.4 is 4.74 Å². The van der Waals surface area contributed by atoms with Gasteiger partial charge in [-0.1, -0.05) is 30.3 Å². The summed E-state index contributed by atoms with van der Waals surface area (Å²) in [5.41, 5.74) is 1.63.